The van der Waals surface area contributed by atoms with Crippen molar-refractivity contribution in [1.29, 1.82) is 0 Å². The van der Waals surface area contributed by atoms with E-state index in [1.54, 1.807) is 13.2 Å². The largest absolute Gasteiger partial charge is 0.496 e. The minimum absolute atomic E-state index is 0.187. The first-order chi connectivity index (χ1) is 8.74. The van der Waals surface area contributed by atoms with Crippen molar-refractivity contribution in [3.63, 3.8) is 0 Å². The summed E-state index contributed by atoms with van der Waals surface area (Å²) in [5.41, 5.74) is 1.95. The van der Waals surface area contributed by atoms with Gasteiger partial charge < -0.3 is 9.64 Å². The van der Waals surface area contributed by atoms with Gasteiger partial charge in [0.05, 0.1) is 13.5 Å². The number of methoxy groups -OCH3 is 1. The van der Waals surface area contributed by atoms with E-state index in [-0.39, 0.29) is 5.91 Å². The number of likely N-dealkylation sites (tertiary alicyclic amines) is 1. The van der Waals surface area contributed by atoms with Crippen molar-refractivity contribution in [3.8, 4) is 5.75 Å². The van der Waals surface area contributed by atoms with Gasteiger partial charge in [-0.3, -0.25) is 4.79 Å². The number of rotatable bonds is 4. The Labute approximate surface area is 108 Å². The van der Waals surface area contributed by atoms with Crippen LogP contribution in [0.2, 0.25) is 0 Å². The van der Waals surface area contributed by atoms with Gasteiger partial charge in [-0.2, -0.15) is 0 Å². The molecule has 3 heteroatoms. The molecule has 1 aliphatic heterocycles. The highest BCUT2D eigenvalue weighted by Gasteiger charge is 2.19. The van der Waals surface area contributed by atoms with Crippen LogP contribution in [-0.4, -0.2) is 31.0 Å². The summed E-state index contributed by atoms with van der Waals surface area (Å²) in [6.45, 7) is 5.53. The number of carbonyl (C=O) groups excluding carboxylic acids is 1. The van der Waals surface area contributed by atoms with E-state index >= 15 is 0 Å². The molecule has 0 bridgehead atoms. The highest BCUT2D eigenvalue weighted by atomic mass is 16.5. The highest BCUT2D eigenvalue weighted by Crippen LogP contribution is 2.22. The molecule has 0 spiro atoms. The van der Waals surface area contributed by atoms with Gasteiger partial charge in [0.25, 0.3) is 0 Å². The van der Waals surface area contributed by atoms with Crippen LogP contribution in [0, 0.1) is 0 Å². The van der Waals surface area contributed by atoms with Gasteiger partial charge >= 0.3 is 0 Å². The number of hydrogen-bond donors (Lipinski definition) is 0. The molecule has 1 aromatic rings. The Morgan fingerprint density at radius 2 is 2.17 bits per heavy atom. The van der Waals surface area contributed by atoms with E-state index in [9.17, 15) is 4.79 Å². The predicted molar refractivity (Wildman–Crippen MR) is 72.6 cm³/mol. The van der Waals surface area contributed by atoms with Gasteiger partial charge in [-0.1, -0.05) is 18.7 Å². The first kappa shape index (κ1) is 12.7. The van der Waals surface area contributed by atoms with Gasteiger partial charge in [-0.25, -0.2) is 0 Å². The zero-order valence-electron chi connectivity index (χ0n) is 10.8. The summed E-state index contributed by atoms with van der Waals surface area (Å²) in [6, 6.07) is 5.80. The molecule has 2 rings (SSSR count). The van der Waals surface area contributed by atoms with Crippen molar-refractivity contribution in [2.24, 2.45) is 0 Å². The lowest BCUT2D eigenvalue weighted by Gasteiger charge is -2.16. The molecule has 1 aliphatic rings. The molecule has 1 aromatic carbocycles. The van der Waals surface area contributed by atoms with Gasteiger partial charge in [0.15, 0.2) is 0 Å². The Morgan fingerprint density at radius 3 is 2.78 bits per heavy atom. The number of hydrogen-bond acceptors (Lipinski definition) is 2. The molecule has 0 radical (unpaired) electrons. The van der Waals surface area contributed by atoms with Crippen molar-refractivity contribution in [1.82, 2.24) is 4.90 Å². The molecular formula is C15H19NO2. The molecule has 1 saturated heterocycles. The predicted octanol–water partition coefficient (Wildman–Crippen LogP) is 2.50. The lowest BCUT2D eigenvalue weighted by Crippen LogP contribution is -2.29. The summed E-state index contributed by atoms with van der Waals surface area (Å²) in [4.78, 5) is 14.1. The summed E-state index contributed by atoms with van der Waals surface area (Å²) < 4.78 is 5.30. The molecule has 0 unspecified atom stereocenters. The maximum Gasteiger partial charge on any atom is 0.227 e. The number of benzene rings is 1. The quantitative estimate of drug-likeness (QED) is 0.815. The van der Waals surface area contributed by atoms with E-state index < -0.39 is 0 Å². The van der Waals surface area contributed by atoms with E-state index in [1.807, 2.05) is 23.1 Å². The van der Waals surface area contributed by atoms with Crippen molar-refractivity contribution < 1.29 is 9.53 Å². The monoisotopic (exact) mass is 245 g/mol. The topological polar surface area (TPSA) is 29.5 Å². The van der Waals surface area contributed by atoms with Crippen molar-refractivity contribution >= 4 is 12.0 Å². The van der Waals surface area contributed by atoms with Crippen LogP contribution in [0.25, 0.3) is 6.08 Å². The van der Waals surface area contributed by atoms with Crippen molar-refractivity contribution in [3.05, 3.63) is 35.9 Å². The van der Waals surface area contributed by atoms with Crippen LogP contribution in [0.4, 0.5) is 0 Å². The number of carbonyl (C=O) groups is 1. The molecule has 18 heavy (non-hydrogen) atoms. The zero-order valence-corrected chi connectivity index (χ0v) is 10.8. The Bertz CT molecular complexity index is 448. The number of ether oxygens (including phenoxy) is 1. The summed E-state index contributed by atoms with van der Waals surface area (Å²) in [6.07, 6.45) is 4.43. The Balaban J connectivity index is 2.15. The second kappa shape index (κ2) is 5.71. The third-order valence-corrected chi connectivity index (χ3v) is 3.34. The minimum Gasteiger partial charge on any atom is -0.496 e. The molecular weight excluding hydrogens is 226 g/mol. The third-order valence-electron chi connectivity index (χ3n) is 3.34. The van der Waals surface area contributed by atoms with E-state index in [0.29, 0.717) is 6.42 Å². The maximum absolute atomic E-state index is 12.1. The second-order valence-electron chi connectivity index (χ2n) is 4.54. The second-order valence-corrected chi connectivity index (χ2v) is 4.54. The lowest BCUT2D eigenvalue weighted by molar-refractivity contribution is -0.129. The average molecular weight is 245 g/mol. The normalized spacial score (nSPS) is 14.6. The van der Waals surface area contributed by atoms with E-state index in [4.69, 9.17) is 4.74 Å². The van der Waals surface area contributed by atoms with E-state index in [0.717, 1.165) is 42.8 Å². The molecule has 0 atom stereocenters. The summed E-state index contributed by atoms with van der Waals surface area (Å²) in [5, 5.41) is 0. The third kappa shape index (κ3) is 2.73. The summed E-state index contributed by atoms with van der Waals surface area (Å²) in [5.74, 6) is 0.958. The standard InChI is InChI=1S/C15H19NO2/c1-3-12-6-7-14(18-2)13(10-12)11-15(17)16-8-4-5-9-16/h3,6-7,10H,1,4-5,8-9,11H2,2H3. The van der Waals surface area contributed by atoms with Crippen molar-refractivity contribution in [2.45, 2.75) is 19.3 Å². The van der Waals surface area contributed by atoms with Gasteiger partial charge in [-0.15, -0.1) is 0 Å². The Kier molecular flexibility index (Phi) is 4.03. The van der Waals surface area contributed by atoms with Crippen LogP contribution in [0.15, 0.2) is 24.8 Å². The van der Waals surface area contributed by atoms with Crippen molar-refractivity contribution in [2.75, 3.05) is 20.2 Å². The smallest absolute Gasteiger partial charge is 0.227 e. The molecule has 1 fully saturated rings. The molecule has 3 nitrogen and oxygen atoms in total. The lowest BCUT2D eigenvalue weighted by atomic mass is 10.1. The first-order valence-corrected chi connectivity index (χ1v) is 6.31. The highest BCUT2D eigenvalue weighted by molar-refractivity contribution is 5.80. The zero-order chi connectivity index (χ0) is 13.0. The summed E-state index contributed by atoms with van der Waals surface area (Å²) >= 11 is 0. The fourth-order valence-electron chi connectivity index (χ4n) is 2.30. The molecule has 1 heterocycles. The number of amides is 1. The minimum atomic E-state index is 0.187. The van der Waals surface area contributed by atoms with Gasteiger partial charge in [0.2, 0.25) is 5.91 Å². The van der Waals surface area contributed by atoms with Crippen LogP contribution in [0.5, 0.6) is 5.75 Å². The van der Waals surface area contributed by atoms with Crippen LogP contribution in [0.1, 0.15) is 24.0 Å². The van der Waals surface area contributed by atoms with Crippen LogP contribution in [0.3, 0.4) is 0 Å². The molecule has 1 amide bonds. The fourth-order valence-corrected chi connectivity index (χ4v) is 2.30. The number of nitrogens with zero attached hydrogens (tertiary/aromatic N) is 1. The molecule has 0 aromatic heterocycles. The van der Waals surface area contributed by atoms with Crippen LogP contribution in [-0.2, 0) is 11.2 Å². The Hall–Kier alpha value is -1.77. The molecule has 96 valence electrons. The van der Waals surface area contributed by atoms with E-state index in [1.165, 1.54) is 0 Å². The van der Waals surface area contributed by atoms with E-state index in [2.05, 4.69) is 6.58 Å². The maximum atomic E-state index is 12.1. The van der Waals surface area contributed by atoms with Gasteiger partial charge in [0.1, 0.15) is 5.75 Å². The Morgan fingerprint density at radius 1 is 1.44 bits per heavy atom. The molecule has 0 N–H and O–H groups in total. The average Bonchev–Trinajstić information content (AvgIpc) is 2.92. The SMILES string of the molecule is C=Cc1ccc(OC)c(CC(=O)N2CCCC2)c1. The van der Waals surface area contributed by atoms with Gasteiger partial charge in [-0.05, 0) is 30.5 Å². The first-order valence-electron chi connectivity index (χ1n) is 6.31. The fraction of sp³-hybridized carbons (Fsp3) is 0.400. The van der Waals surface area contributed by atoms with Crippen LogP contribution >= 0.6 is 0 Å². The van der Waals surface area contributed by atoms with Crippen LogP contribution < -0.4 is 4.74 Å². The summed E-state index contributed by atoms with van der Waals surface area (Å²) in [7, 11) is 1.63. The molecule has 0 aliphatic carbocycles. The molecule has 0 saturated carbocycles. The van der Waals surface area contributed by atoms with Gasteiger partial charge in [0, 0.05) is 18.7 Å².